The number of aliphatic imine (C=N–C) groups is 1. The van der Waals surface area contributed by atoms with Crippen LogP contribution in [-0.4, -0.2) is 91.8 Å². The molecule has 1 saturated heterocycles. The highest BCUT2D eigenvalue weighted by molar-refractivity contribution is 5.79. The number of aromatic nitrogens is 2. The highest BCUT2D eigenvalue weighted by Gasteiger charge is 2.28. The van der Waals surface area contributed by atoms with Crippen molar-refractivity contribution in [2.45, 2.75) is 31.8 Å². The molecule has 0 bridgehead atoms. The van der Waals surface area contributed by atoms with Crippen LogP contribution in [-0.2, 0) is 16.0 Å². The summed E-state index contributed by atoms with van der Waals surface area (Å²) in [6, 6.07) is 16.7. The molecule has 1 aromatic heterocycles. The fourth-order valence-corrected chi connectivity index (χ4v) is 5.15. The molecule has 2 heterocycles. The molecule has 3 aromatic rings. The standard InChI is InChI=1S/C32H42N8O2/c1-33-19-27(38-30-8-6-18-40(30)32(42)22-35-3)25-13-9-23(10-14-25)24-11-15-26(16-12-24)28-20-36-29(37-28)7-5-17-39(4)31(41)21-34-2/h9-16,19-20,30,34-35,38H,1,5-8,17-18,21-22H2,2-4H3,(H,36,37)/b27-19-. The summed E-state index contributed by atoms with van der Waals surface area (Å²) in [6.07, 6.45) is 6.98. The van der Waals surface area contributed by atoms with Gasteiger partial charge in [-0.25, -0.2) is 4.98 Å². The molecule has 1 fully saturated rings. The SMILES string of the molecule is C=N/C=C(\NC1CCCN1C(=O)CNC)c1ccc(-c2ccc(-c3cnc(CCCN(C)C(=O)CNC)[nH]3)cc2)cc1. The summed E-state index contributed by atoms with van der Waals surface area (Å²) >= 11 is 0. The molecule has 0 radical (unpaired) electrons. The van der Waals surface area contributed by atoms with Crippen LogP contribution < -0.4 is 16.0 Å². The number of likely N-dealkylation sites (tertiary alicyclic amines) is 1. The number of H-pyrrole nitrogens is 1. The molecule has 0 aliphatic carbocycles. The summed E-state index contributed by atoms with van der Waals surface area (Å²) in [6.45, 7) is 5.75. The van der Waals surface area contributed by atoms with Gasteiger partial charge in [-0.2, -0.15) is 0 Å². The smallest absolute Gasteiger partial charge is 0.238 e. The van der Waals surface area contributed by atoms with Gasteiger partial charge >= 0.3 is 0 Å². The quantitative estimate of drug-likeness (QED) is 0.221. The van der Waals surface area contributed by atoms with E-state index in [9.17, 15) is 9.59 Å². The van der Waals surface area contributed by atoms with Crippen molar-refractivity contribution in [3.63, 3.8) is 0 Å². The largest absolute Gasteiger partial charge is 0.363 e. The van der Waals surface area contributed by atoms with Crippen LogP contribution in [0.2, 0.25) is 0 Å². The monoisotopic (exact) mass is 570 g/mol. The van der Waals surface area contributed by atoms with Gasteiger partial charge in [0.1, 0.15) is 12.0 Å². The third-order valence-corrected chi connectivity index (χ3v) is 7.46. The molecule has 1 atom stereocenters. The van der Waals surface area contributed by atoms with Gasteiger partial charge in [-0.3, -0.25) is 14.6 Å². The van der Waals surface area contributed by atoms with E-state index in [-0.39, 0.29) is 18.0 Å². The van der Waals surface area contributed by atoms with Crippen LogP contribution in [0.1, 0.15) is 30.7 Å². The van der Waals surface area contributed by atoms with Gasteiger partial charge < -0.3 is 30.7 Å². The second-order valence-corrected chi connectivity index (χ2v) is 10.5. The molecule has 2 amide bonds. The van der Waals surface area contributed by atoms with Crippen molar-refractivity contribution in [3.05, 3.63) is 72.3 Å². The Morgan fingerprint density at radius 1 is 1.07 bits per heavy atom. The van der Waals surface area contributed by atoms with Crippen molar-refractivity contribution < 1.29 is 9.59 Å². The summed E-state index contributed by atoms with van der Waals surface area (Å²) < 4.78 is 0. The van der Waals surface area contributed by atoms with Crippen molar-refractivity contribution in [1.29, 1.82) is 0 Å². The third-order valence-electron chi connectivity index (χ3n) is 7.46. The van der Waals surface area contributed by atoms with E-state index in [1.54, 1.807) is 25.2 Å². The van der Waals surface area contributed by atoms with Crippen LogP contribution >= 0.6 is 0 Å². The first-order valence-electron chi connectivity index (χ1n) is 14.4. The predicted molar refractivity (Wildman–Crippen MR) is 169 cm³/mol. The Labute approximate surface area is 248 Å². The van der Waals surface area contributed by atoms with Crippen LogP contribution in [0.25, 0.3) is 28.1 Å². The molecule has 1 aliphatic rings. The number of benzene rings is 2. The summed E-state index contributed by atoms with van der Waals surface area (Å²) in [7, 11) is 5.38. The molecule has 10 nitrogen and oxygen atoms in total. The number of nitrogens with zero attached hydrogens (tertiary/aromatic N) is 4. The minimum atomic E-state index is -0.0667. The van der Waals surface area contributed by atoms with Crippen molar-refractivity contribution >= 4 is 24.2 Å². The number of carbonyl (C=O) groups is 2. The number of hydrogen-bond donors (Lipinski definition) is 4. The van der Waals surface area contributed by atoms with Crippen LogP contribution in [0.15, 0.2) is 65.9 Å². The fraction of sp³-hybridized carbons (Fsp3) is 0.375. The third kappa shape index (κ3) is 7.92. The summed E-state index contributed by atoms with van der Waals surface area (Å²) in [4.78, 5) is 40.0. The highest BCUT2D eigenvalue weighted by Crippen LogP contribution is 2.26. The molecule has 0 saturated carbocycles. The Kier molecular flexibility index (Phi) is 11.0. The molecule has 222 valence electrons. The van der Waals surface area contributed by atoms with Crippen LogP contribution in [0, 0.1) is 0 Å². The number of rotatable bonds is 14. The molecule has 2 aromatic carbocycles. The average Bonchev–Trinajstić information content (AvgIpc) is 3.67. The maximum absolute atomic E-state index is 12.5. The zero-order valence-corrected chi connectivity index (χ0v) is 24.8. The summed E-state index contributed by atoms with van der Waals surface area (Å²) in [5.74, 6) is 1.09. The number of likely N-dealkylation sites (N-methyl/N-ethyl adjacent to an activating group) is 3. The molecule has 1 unspecified atom stereocenters. The Hall–Kier alpha value is -4.28. The van der Waals surface area contributed by atoms with E-state index in [1.807, 2.05) is 18.1 Å². The van der Waals surface area contributed by atoms with Crippen molar-refractivity contribution in [1.82, 2.24) is 35.7 Å². The van der Waals surface area contributed by atoms with E-state index in [0.29, 0.717) is 19.6 Å². The first kappa shape index (κ1) is 30.7. The first-order valence-corrected chi connectivity index (χ1v) is 14.4. The summed E-state index contributed by atoms with van der Waals surface area (Å²) in [5.41, 5.74) is 6.07. The number of imidazole rings is 1. The first-order chi connectivity index (χ1) is 20.4. The fourth-order valence-electron chi connectivity index (χ4n) is 5.15. The van der Waals surface area contributed by atoms with Gasteiger partial charge in [0.25, 0.3) is 0 Å². The molecule has 4 N–H and O–H groups in total. The van der Waals surface area contributed by atoms with E-state index in [2.05, 4.69) is 86.2 Å². The molecule has 10 heteroatoms. The van der Waals surface area contributed by atoms with Gasteiger partial charge in [-0.15, -0.1) is 0 Å². The van der Waals surface area contributed by atoms with E-state index < -0.39 is 0 Å². The number of aromatic amines is 1. The van der Waals surface area contributed by atoms with E-state index in [1.165, 1.54) is 0 Å². The van der Waals surface area contributed by atoms with Crippen LogP contribution in [0.3, 0.4) is 0 Å². The van der Waals surface area contributed by atoms with E-state index in [4.69, 9.17) is 0 Å². The van der Waals surface area contributed by atoms with E-state index >= 15 is 0 Å². The van der Waals surface area contributed by atoms with Gasteiger partial charge in [-0.1, -0.05) is 48.5 Å². The van der Waals surface area contributed by atoms with Crippen molar-refractivity contribution in [2.75, 3.05) is 47.3 Å². The predicted octanol–water partition coefficient (Wildman–Crippen LogP) is 3.11. The van der Waals surface area contributed by atoms with Gasteiger partial charge in [0.15, 0.2) is 0 Å². The van der Waals surface area contributed by atoms with Gasteiger partial charge in [0.05, 0.1) is 30.7 Å². The number of nitrogens with one attached hydrogen (secondary N) is 4. The number of carbonyl (C=O) groups excluding carboxylic acids is 2. The lowest BCUT2D eigenvalue weighted by atomic mass is 10.0. The van der Waals surface area contributed by atoms with Gasteiger partial charge in [-0.05, 0) is 62.3 Å². The lowest BCUT2D eigenvalue weighted by molar-refractivity contribution is -0.131. The van der Waals surface area contributed by atoms with Crippen LogP contribution in [0.4, 0.5) is 0 Å². The highest BCUT2D eigenvalue weighted by atomic mass is 16.2. The Morgan fingerprint density at radius 3 is 2.40 bits per heavy atom. The lowest BCUT2D eigenvalue weighted by Crippen LogP contribution is -2.46. The van der Waals surface area contributed by atoms with Gasteiger partial charge in [0.2, 0.25) is 11.8 Å². The zero-order valence-electron chi connectivity index (χ0n) is 24.8. The Morgan fingerprint density at radius 2 is 1.74 bits per heavy atom. The topological polar surface area (TPSA) is 118 Å². The normalized spacial score (nSPS) is 15.1. The molecule has 1 aliphatic heterocycles. The number of aryl methyl sites for hydroxylation is 1. The zero-order chi connectivity index (χ0) is 29.9. The van der Waals surface area contributed by atoms with Gasteiger partial charge in [0, 0.05) is 32.8 Å². The molecular weight excluding hydrogens is 528 g/mol. The average molecular weight is 571 g/mol. The summed E-state index contributed by atoms with van der Waals surface area (Å²) in [5, 5.41) is 9.35. The molecule has 4 rings (SSSR count). The maximum Gasteiger partial charge on any atom is 0.238 e. The number of hydrogen-bond acceptors (Lipinski definition) is 7. The Balaban J connectivity index is 1.36. The minimum Gasteiger partial charge on any atom is -0.363 e. The van der Waals surface area contributed by atoms with Crippen molar-refractivity contribution in [3.8, 4) is 22.4 Å². The molecule has 0 spiro atoms. The number of amides is 2. The minimum absolute atomic E-state index is 0.0667. The van der Waals surface area contributed by atoms with E-state index in [0.717, 1.165) is 71.7 Å². The molecule has 42 heavy (non-hydrogen) atoms. The maximum atomic E-state index is 12.5. The lowest BCUT2D eigenvalue weighted by Gasteiger charge is -2.27. The second kappa shape index (κ2) is 15.1. The van der Waals surface area contributed by atoms with Crippen molar-refractivity contribution in [2.24, 2.45) is 4.99 Å². The Bertz CT molecular complexity index is 1360. The second-order valence-electron chi connectivity index (χ2n) is 10.5. The molecular formula is C32H42N8O2. The van der Waals surface area contributed by atoms with Crippen LogP contribution in [0.5, 0.6) is 0 Å².